The Bertz CT molecular complexity index is 542. The summed E-state index contributed by atoms with van der Waals surface area (Å²) in [5.41, 5.74) is 0.469. The summed E-state index contributed by atoms with van der Waals surface area (Å²) in [5, 5.41) is 0. The smallest absolute Gasteiger partial charge is 0.326 e. The second kappa shape index (κ2) is 7.59. The second-order valence-corrected chi connectivity index (χ2v) is 6.01. The van der Waals surface area contributed by atoms with Gasteiger partial charge in [0.2, 0.25) is 0 Å². The number of rotatable bonds is 7. The highest BCUT2D eigenvalue weighted by Crippen LogP contribution is 2.41. The van der Waals surface area contributed by atoms with Crippen LogP contribution < -0.4 is 4.74 Å². The number of nitrogens with zero attached hydrogens (tertiary/aromatic N) is 1. The zero-order valence-electron chi connectivity index (χ0n) is 14.1. The van der Waals surface area contributed by atoms with Gasteiger partial charge in [0.05, 0.1) is 13.7 Å². The minimum atomic E-state index is -0.707. The van der Waals surface area contributed by atoms with E-state index in [1.807, 2.05) is 36.2 Å². The van der Waals surface area contributed by atoms with Gasteiger partial charge in [-0.15, -0.1) is 0 Å². The van der Waals surface area contributed by atoms with E-state index in [1.54, 1.807) is 14.0 Å². The second-order valence-electron chi connectivity index (χ2n) is 6.01. The summed E-state index contributed by atoms with van der Waals surface area (Å²) in [6.45, 7) is 2.92. The fourth-order valence-electron chi connectivity index (χ4n) is 3.43. The minimum absolute atomic E-state index is 0.222. The molecule has 1 saturated heterocycles. The summed E-state index contributed by atoms with van der Waals surface area (Å²) < 4.78 is 10.5. The van der Waals surface area contributed by atoms with Crippen molar-refractivity contribution >= 4 is 12.3 Å². The molecule has 1 aliphatic heterocycles. The molecule has 0 bridgehead atoms. The first-order valence-corrected chi connectivity index (χ1v) is 8.03. The lowest BCUT2D eigenvalue weighted by atomic mass is 9.85. The first-order valence-electron chi connectivity index (χ1n) is 8.03. The van der Waals surface area contributed by atoms with Crippen molar-refractivity contribution in [1.82, 2.24) is 4.90 Å². The molecule has 1 aromatic carbocycles. The van der Waals surface area contributed by atoms with Crippen molar-refractivity contribution in [1.29, 1.82) is 0 Å². The number of hydrogen-bond donors (Lipinski definition) is 0. The van der Waals surface area contributed by atoms with E-state index in [1.165, 1.54) is 5.56 Å². The van der Waals surface area contributed by atoms with Crippen molar-refractivity contribution in [2.75, 3.05) is 27.3 Å². The Kier molecular flexibility index (Phi) is 5.77. The Hall–Kier alpha value is -1.88. The summed E-state index contributed by atoms with van der Waals surface area (Å²) in [4.78, 5) is 25.4. The van der Waals surface area contributed by atoms with Crippen molar-refractivity contribution < 1.29 is 19.1 Å². The highest BCUT2D eigenvalue weighted by Gasteiger charge is 2.50. The Morgan fingerprint density at radius 1 is 1.39 bits per heavy atom. The molecule has 5 nitrogen and oxygen atoms in total. The number of likely N-dealkylation sites (tertiary alicyclic amines) is 1. The van der Waals surface area contributed by atoms with Crippen LogP contribution in [0.15, 0.2) is 24.3 Å². The van der Waals surface area contributed by atoms with Gasteiger partial charge in [-0.2, -0.15) is 0 Å². The summed E-state index contributed by atoms with van der Waals surface area (Å²) in [7, 11) is 3.58. The third kappa shape index (κ3) is 3.55. The zero-order chi connectivity index (χ0) is 16.9. The number of likely N-dealkylation sites (N-methyl/N-ethyl adjacent to an activating group) is 1. The molecule has 1 fully saturated rings. The van der Waals surface area contributed by atoms with Crippen molar-refractivity contribution in [2.24, 2.45) is 0 Å². The van der Waals surface area contributed by atoms with Crippen LogP contribution >= 0.6 is 0 Å². The van der Waals surface area contributed by atoms with E-state index in [-0.39, 0.29) is 11.9 Å². The lowest BCUT2D eigenvalue weighted by Gasteiger charge is -2.33. The van der Waals surface area contributed by atoms with Crippen LogP contribution in [-0.2, 0) is 14.3 Å². The van der Waals surface area contributed by atoms with Gasteiger partial charge in [-0.05, 0) is 50.4 Å². The molecule has 2 unspecified atom stereocenters. The average Bonchev–Trinajstić information content (AvgIpc) is 2.91. The summed E-state index contributed by atoms with van der Waals surface area (Å²) in [6.07, 6.45) is 2.40. The number of carbonyl (C=O) groups excluding carboxylic acids is 2. The lowest BCUT2D eigenvalue weighted by molar-refractivity contribution is -0.156. The maximum Gasteiger partial charge on any atom is 0.326 e. The Morgan fingerprint density at radius 2 is 2.09 bits per heavy atom. The van der Waals surface area contributed by atoms with Gasteiger partial charge in [-0.1, -0.05) is 12.1 Å². The molecule has 1 heterocycles. The number of hydrogen-bond acceptors (Lipinski definition) is 5. The maximum atomic E-state index is 12.6. The molecule has 0 aromatic heterocycles. The maximum absolute atomic E-state index is 12.6. The van der Waals surface area contributed by atoms with E-state index < -0.39 is 5.54 Å². The normalized spacial score (nSPS) is 24.4. The fraction of sp³-hybridized carbons (Fsp3) is 0.556. The van der Waals surface area contributed by atoms with Gasteiger partial charge >= 0.3 is 5.97 Å². The average molecular weight is 319 g/mol. The van der Waals surface area contributed by atoms with E-state index in [2.05, 4.69) is 0 Å². The summed E-state index contributed by atoms with van der Waals surface area (Å²) >= 11 is 0. The monoisotopic (exact) mass is 319 g/mol. The lowest BCUT2D eigenvalue weighted by Crippen LogP contribution is -2.49. The van der Waals surface area contributed by atoms with Crippen molar-refractivity contribution in [3.63, 3.8) is 0 Å². The molecule has 5 heteroatoms. The van der Waals surface area contributed by atoms with Gasteiger partial charge < -0.3 is 14.3 Å². The minimum Gasteiger partial charge on any atom is -0.497 e. The topological polar surface area (TPSA) is 55.8 Å². The third-order valence-electron chi connectivity index (χ3n) is 4.73. The largest absolute Gasteiger partial charge is 0.497 e. The van der Waals surface area contributed by atoms with Gasteiger partial charge in [0.25, 0.3) is 0 Å². The van der Waals surface area contributed by atoms with E-state index in [4.69, 9.17) is 9.47 Å². The SMILES string of the molecule is CCOC(=O)C1(CCC=O)CC(c2ccc(OC)cc2)CN1C. The zero-order valence-corrected chi connectivity index (χ0v) is 14.1. The van der Waals surface area contributed by atoms with Gasteiger partial charge in [0.1, 0.15) is 17.6 Å². The first kappa shape index (κ1) is 17.5. The van der Waals surface area contributed by atoms with E-state index >= 15 is 0 Å². The molecule has 2 rings (SSSR count). The molecule has 2 atom stereocenters. The van der Waals surface area contributed by atoms with Gasteiger partial charge in [-0.25, -0.2) is 0 Å². The molecular formula is C18H25NO4. The van der Waals surface area contributed by atoms with Crippen molar-refractivity contribution in [2.45, 2.75) is 37.6 Å². The number of ether oxygens (including phenoxy) is 2. The highest BCUT2D eigenvalue weighted by molar-refractivity contribution is 5.82. The number of methoxy groups -OCH3 is 1. The molecule has 0 N–H and O–H groups in total. The van der Waals surface area contributed by atoms with Crippen molar-refractivity contribution in [3.05, 3.63) is 29.8 Å². The van der Waals surface area contributed by atoms with Crippen LogP contribution in [0.1, 0.15) is 37.7 Å². The number of aldehydes is 1. The quantitative estimate of drug-likeness (QED) is 0.570. The molecule has 0 spiro atoms. The van der Waals surface area contributed by atoms with Crippen LogP contribution in [0.3, 0.4) is 0 Å². The third-order valence-corrected chi connectivity index (χ3v) is 4.73. The van der Waals surface area contributed by atoms with Gasteiger partial charge in [0.15, 0.2) is 0 Å². The Labute approximate surface area is 137 Å². The molecule has 1 aliphatic rings. The highest BCUT2D eigenvalue weighted by atomic mass is 16.5. The molecule has 0 radical (unpaired) electrons. The molecule has 0 amide bonds. The van der Waals surface area contributed by atoms with E-state index in [0.29, 0.717) is 25.9 Å². The van der Waals surface area contributed by atoms with Crippen LogP contribution in [0.25, 0.3) is 0 Å². The fourth-order valence-corrected chi connectivity index (χ4v) is 3.43. The van der Waals surface area contributed by atoms with Gasteiger partial charge in [0, 0.05) is 13.0 Å². The van der Waals surface area contributed by atoms with E-state index in [9.17, 15) is 9.59 Å². The molecule has 0 aliphatic carbocycles. The van der Waals surface area contributed by atoms with Crippen LogP contribution in [0, 0.1) is 0 Å². The summed E-state index contributed by atoms with van der Waals surface area (Å²) in [6, 6.07) is 7.95. The van der Waals surface area contributed by atoms with Crippen LogP contribution in [0.2, 0.25) is 0 Å². The summed E-state index contributed by atoms with van der Waals surface area (Å²) in [5.74, 6) is 0.833. The van der Waals surface area contributed by atoms with E-state index in [0.717, 1.165) is 18.6 Å². The number of carbonyl (C=O) groups is 2. The molecule has 1 aromatic rings. The Balaban J connectivity index is 2.23. The van der Waals surface area contributed by atoms with Gasteiger partial charge in [-0.3, -0.25) is 9.69 Å². The van der Waals surface area contributed by atoms with Crippen LogP contribution in [0.5, 0.6) is 5.75 Å². The standard InChI is InChI=1S/C18H25NO4/c1-4-23-17(21)18(10-5-11-20)12-15(13-19(18)2)14-6-8-16(22-3)9-7-14/h6-9,11,15H,4-5,10,12-13H2,1-3H3. The van der Waals surface area contributed by atoms with Crippen LogP contribution in [0.4, 0.5) is 0 Å². The molecule has 126 valence electrons. The Morgan fingerprint density at radius 3 is 2.65 bits per heavy atom. The molecule has 0 saturated carbocycles. The first-order chi connectivity index (χ1) is 11.1. The molecular weight excluding hydrogens is 294 g/mol. The number of esters is 1. The predicted molar refractivity (Wildman–Crippen MR) is 87.6 cm³/mol. The van der Waals surface area contributed by atoms with Crippen molar-refractivity contribution in [3.8, 4) is 5.75 Å². The van der Waals surface area contributed by atoms with Crippen LogP contribution in [-0.4, -0.2) is 50.0 Å². The predicted octanol–water partition coefficient (Wildman–Crippen LogP) is 2.40. The molecule has 23 heavy (non-hydrogen) atoms. The number of benzene rings is 1.